The summed E-state index contributed by atoms with van der Waals surface area (Å²) in [6, 6.07) is 12.9. The van der Waals surface area contributed by atoms with E-state index in [1.165, 1.54) is 4.31 Å². The quantitative estimate of drug-likeness (QED) is 0.670. The maximum absolute atomic E-state index is 13.5. The average molecular weight is 383 g/mol. The van der Waals surface area contributed by atoms with E-state index in [2.05, 4.69) is 0 Å². The molecule has 1 aliphatic rings. The van der Waals surface area contributed by atoms with Gasteiger partial charge in [-0.15, -0.1) is 0 Å². The molecule has 5 nitrogen and oxygen atoms in total. The van der Waals surface area contributed by atoms with Crippen molar-refractivity contribution in [2.24, 2.45) is 0 Å². The smallest absolute Gasteiger partial charge is 0.264 e. The van der Waals surface area contributed by atoms with Crippen LogP contribution in [0.25, 0.3) is 11.3 Å². The molecule has 0 amide bonds. The van der Waals surface area contributed by atoms with Gasteiger partial charge in [0.25, 0.3) is 10.0 Å². The number of nitrogens with zero attached hydrogens (tertiary/aromatic N) is 1. The van der Waals surface area contributed by atoms with Crippen molar-refractivity contribution < 1.29 is 17.6 Å². The van der Waals surface area contributed by atoms with E-state index in [9.17, 15) is 8.42 Å². The SMILES string of the molecule is Cc1coc(-c2ccc(C)c(S(=O)(=O)N3CCOc4ccc(C)cc43)c2)c1. The predicted octanol–water partition coefficient (Wildman–Crippen LogP) is 4.46. The number of hydrogen-bond donors (Lipinski definition) is 0. The van der Waals surface area contributed by atoms with Crippen LogP contribution in [-0.2, 0) is 10.0 Å². The second-order valence-corrected chi connectivity index (χ2v) is 8.70. The third-order valence-corrected chi connectivity index (χ3v) is 6.66. The summed E-state index contributed by atoms with van der Waals surface area (Å²) in [7, 11) is -3.73. The van der Waals surface area contributed by atoms with Gasteiger partial charge in [-0.05, 0) is 61.7 Å². The summed E-state index contributed by atoms with van der Waals surface area (Å²) in [5.41, 5.74) is 4.00. The highest BCUT2D eigenvalue weighted by Crippen LogP contribution is 2.37. The number of ether oxygens (including phenoxy) is 1. The van der Waals surface area contributed by atoms with E-state index < -0.39 is 10.0 Å². The predicted molar refractivity (Wildman–Crippen MR) is 105 cm³/mol. The molecule has 0 fully saturated rings. The minimum absolute atomic E-state index is 0.280. The lowest BCUT2D eigenvalue weighted by Gasteiger charge is -2.31. The monoisotopic (exact) mass is 383 g/mol. The van der Waals surface area contributed by atoms with Crippen LogP contribution in [0.15, 0.2) is 58.0 Å². The van der Waals surface area contributed by atoms with Gasteiger partial charge in [-0.2, -0.15) is 0 Å². The van der Waals surface area contributed by atoms with Gasteiger partial charge in [-0.1, -0.05) is 18.2 Å². The van der Waals surface area contributed by atoms with Gasteiger partial charge in [0.05, 0.1) is 23.4 Å². The summed E-state index contributed by atoms with van der Waals surface area (Å²) < 4.78 is 39.7. The maximum Gasteiger partial charge on any atom is 0.264 e. The van der Waals surface area contributed by atoms with Gasteiger partial charge in [-0.25, -0.2) is 8.42 Å². The van der Waals surface area contributed by atoms with E-state index >= 15 is 0 Å². The van der Waals surface area contributed by atoms with Crippen LogP contribution in [0.2, 0.25) is 0 Å². The van der Waals surface area contributed by atoms with Crippen LogP contribution >= 0.6 is 0 Å². The Labute approximate surface area is 159 Å². The first-order chi connectivity index (χ1) is 12.9. The molecule has 27 heavy (non-hydrogen) atoms. The Hall–Kier alpha value is -2.73. The van der Waals surface area contributed by atoms with Crippen LogP contribution in [0.4, 0.5) is 5.69 Å². The molecule has 0 saturated heterocycles. The van der Waals surface area contributed by atoms with Crippen molar-refractivity contribution in [3.8, 4) is 17.1 Å². The summed E-state index contributed by atoms with van der Waals surface area (Å²) in [6.07, 6.45) is 1.66. The van der Waals surface area contributed by atoms with Crippen molar-refractivity contribution in [2.45, 2.75) is 25.7 Å². The number of anilines is 1. The Morgan fingerprint density at radius 1 is 0.963 bits per heavy atom. The minimum atomic E-state index is -3.73. The number of sulfonamides is 1. The third-order valence-electron chi connectivity index (χ3n) is 4.71. The highest BCUT2D eigenvalue weighted by molar-refractivity contribution is 7.93. The molecule has 4 rings (SSSR count). The Morgan fingerprint density at radius 2 is 1.78 bits per heavy atom. The summed E-state index contributed by atoms with van der Waals surface area (Å²) in [5, 5.41) is 0. The lowest BCUT2D eigenvalue weighted by molar-refractivity contribution is 0.315. The molecule has 1 aliphatic heterocycles. The second kappa shape index (κ2) is 6.46. The Balaban J connectivity index is 1.83. The first-order valence-corrected chi connectivity index (χ1v) is 10.2. The number of furan rings is 1. The number of rotatable bonds is 3. The van der Waals surface area contributed by atoms with Crippen LogP contribution in [0.5, 0.6) is 5.75 Å². The van der Waals surface area contributed by atoms with Gasteiger partial charge >= 0.3 is 0 Å². The number of benzene rings is 2. The van der Waals surface area contributed by atoms with E-state index in [0.717, 1.165) is 16.7 Å². The minimum Gasteiger partial charge on any atom is -0.489 e. The van der Waals surface area contributed by atoms with Gasteiger partial charge in [0.1, 0.15) is 18.1 Å². The lowest BCUT2D eigenvalue weighted by atomic mass is 10.1. The van der Waals surface area contributed by atoms with E-state index in [1.54, 1.807) is 12.3 Å². The molecule has 2 aromatic carbocycles. The normalized spacial score (nSPS) is 14.0. The van der Waals surface area contributed by atoms with Crippen LogP contribution < -0.4 is 9.04 Å². The van der Waals surface area contributed by atoms with Crippen molar-refractivity contribution in [1.29, 1.82) is 0 Å². The topological polar surface area (TPSA) is 59.8 Å². The second-order valence-electron chi connectivity index (χ2n) is 6.87. The van der Waals surface area contributed by atoms with E-state index in [1.807, 2.05) is 57.2 Å². The molecule has 0 saturated carbocycles. The molecular weight excluding hydrogens is 362 g/mol. The number of aryl methyl sites for hydroxylation is 3. The number of hydrogen-bond acceptors (Lipinski definition) is 4. The van der Waals surface area contributed by atoms with Gasteiger partial charge in [0.2, 0.25) is 0 Å². The molecule has 3 aromatic rings. The van der Waals surface area contributed by atoms with E-state index in [4.69, 9.17) is 9.15 Å². The van der Waals surface area contributed by atoms with E-state index in [-0.39, 0.29) is 11.4 Å². The first kappa shape index (κ1) is 17.7. The van der Waals surface area contributed by atoms with Gasteiger partial charge in [0.15, 0.2) is 0 Å². The molecule has 0 unspecified atom stereocenters. The molecule has 2 heterocycles. The summed E-state index contributed by atoms with van der Waals surface area (Å²) >= 11 is 0. The summed E-state index contributed by atoms with van der Waals surface area (Å²) in [6.45, 7) is 6.28. The molecule has 0 spiro atoms. The standard InChI is InChI=1S/C21H21NO4S/c1-14-4-7-19-18(10-14)22(8-9-25-19)27(23,24)21-12-17(6-5-16(21)3)20-11-15(2)13-26-20/h4-7,10-13H,8-9H2,1-3H3. The first-order valence-electron chi connectivity index (χ1n) is 8.78. The van der Waals surface area contributed by atoms with Crippen molar-refractivity contribution in [3.63, 3.8) is 0 Å². The zero-order valence-electron chi connectivity index (χ0n) is 15.5. The lowest BCUT2D eigenvalue weighted by Crippen LogP contribution is -2.38. The Bertz CT molecular complexity index is 1110. The molecule has 140 valence electrons. The highest BCUT2D eigenvalue weighted by Gasteiger charge is 2.31. The maximum atomic E-state index is 13.5. The third kappa shape index (κ3) is 3.10. The molecule has 0 atom stereocenters. The molecule has 1 aromatic heterocycles. The average Bonchev–Trinajstić information content (AvgIpc) is 3.07. The molecule has 0 N–H and O–H groups in total. The largest absolute Gasteiger partial charge is 0.489 e. The summed E-state index contributed by atoms with van der Waals surface area (Å²) in [5.74, 6) is 1.24. The highest BCUT2D eigenvalue weighted by atomic mass is 32.2. The van der Waals surface area contributed by atoms with Crippen LogP contribution in [0, 0.1) is 20.8 Å². The van der Waals surface area contributed by atoms with Gasteiger partial charge in [-0.3, -0.25) is 4.31 Å². The zero-order valence-corrected chi connectivity index (χ0v) is 16.3. The molecule has 0 bridgehead atoms. The Kier molecular flexibility index (Phi) is 4.23. The molecule has 0 radical (unpaired) electrons. The van der Waals surface area contributed by atoms with Crippen molar-refractivity contribution in [1.82, 2.24) is 0 Å². The van der Waals surface area contributed by atoms with Crippen LogP contribution in [0.1, 0.15) is 16.7 Å². The summed E-state index contributed by atoms with van der Waals surface area (Å²) in [4.78, 5) is 0.281. The van der Waals surface area contributed by atoms with Gasteiger partial charge < -0.3 is 9.15 Å². The number of fused-ring (bicyclic) bond motifs is 1. The molecular formula is C21H21NO4S. The van der Waals surface area contributed by atoms with Crippen molar-refractivity contribution in [2.75, 3.05) is 17.5 Å². The molecule has 6 heteroatoms. The Morgan fingerprint density at radius 3 is 2.52 bits per heavy atom. The fourth-order valence-electron chi connectivity index (χ4n) is 3.29. The van der Waals surface area contributed by atoms with Crippen molar-refractivity contribution >= 4 is 15.7 Å². The van der Waals surface area contributed by atoms with E-state index in [0.29, 0.717) is 29.4 Å². The van der Waals surface area contributed by atoms with Gasteiger partial charge in [0, 0.05) is 5.56 Å². The molecule has 0 aliphatic carbocycles. The van der Waals surface area contributed by atoms with Crippen LogP contribution in [0.3, 0.4) is 0 Å². The fourth-order valence-corrected chi connectivity index (χ4v) is 4.99. The fraction of sp³-hybridized carbons (Fsp3) is 0.238. The van der Waals surface area contributed by atoms with Crippen LogP contribution in [-0.4, -0.2) is 21.6 Å². The van der Waals surface area contributed by atoms with Crippen molar-refractivity contribution in [3.05, 3.63) is 65.4 Å². The zero-order chi connectivity index (χ0) is 19.2.